The van der Waals surface area contributed by atoms with Gasteiger partial charge >= 0.3 is 5.97 Å². The summed E-state index contributed by atoms with van der Waals surface area (Å²) in [6, 6.07) is 9.85. The lowest BCUT2D eigenvalue weighted by molar-refractivity contribution is 0.0689. The number of hydrogen-bond acceptors (Lipinski definition) is 3. The van der Waals surface area contributed by atoms with E-state index in [0.717, 1.165) is 5.69 Å². The highest BCUT2D eigenvalue weighted by atomic mass is 16.4. The number of aromatic nitrogens is 1. The van der Waals surface area contributed by atoms with Crippen molar-refractivity contribution in [3.8, 4) is 0 Å². The summed E-state index contributed by atoms with van der Waals surface area (Å²) in [5.74, 6) is -0.991. The van der Waals surface area contributed by atoms with Crippen LogP contribution in [0.5, 0.6) is 0 Å². The van der Waals surface area contributed by atoms with E-state index >= 15 is 0 Å². The molecule has 4 nitrogen and oxygen atoms in total. The third-order valence-corrected chi connectivity index (χ3v) is 3.15. The summed E-state index contributed by atoms with van der Waals surface area (Å²) in [7, 11) is 1.95. The zero-order valence-corrected chi connectivity index (χ0v) is 11.9. The van der Waals surface area contributed by atoms with Crippen molar-refractivity contribution in [1.82, 2.24) is 4.98 Å². The van der Waals surface area contributed by atoms with Crippen LogP contribution in [0.1, 0.15) is 27.2 Å². The van der Waals surface area contributed by atoms with Gasteiger partial charge in [0.1, 0.15) is 0 Å². The zero-order chi connectivity index (χ0) is 14.7. The number of pyridine rings is 1. The smallest absolute Gasteiger partial charge is 0.354 e. The summed E-state index contributed by atoms with van der Waals surface area (Å²) in [5, 5.41) is 9.16. The van der Waals surface area contributed by atoms with Crippen LogP contribution >= 0.6 is 0 Å². The van der Waals surface area contributed by atoms with Gasteiger partial charge in [-0.2, -0.15) is 0 Å². The number of rotatable bonds is 4. The Morgan fingerprint density at radius 2 is 1.90 bits per heavy atom. The summed E-state index contributed by atoms with van der Waals surface area (Å²) in [6.07, 6.45) is 1.50. The molecule has 0 aliphatic heterocycles. The predicted octanol–water partition coefficient (Wildman–Crippen LogP) is 3.03. The normalized spacial score (nSPS) is 10.3. The number of carboxylic acid groups (broad SMARTS) is 1. The van der Waals surface area contributed by atoms with E-state index in [1.54, 1.807) is 12.1 Å². The Kier molecular flexibility index (Phi) is 4.03. The molecule has 0 aliphatic carbocycles. The van der Waals surface area contributed by atoms with Crippen molar-refractivity contribution in [2.45, 2.75) is 20.4 Å². The maximum atomic E-state index is 11.2. The standard InChI is InChI=1S/C16H18N2O2/c1-11-7-12(2)9-14(8-11)18(3)10-13-5-4-6-17-15(13)16(19)20/h4-9H,10H2,1-3H3,(H,19,20). The lowest BCUT2D eigenvalue weighted by Gasteiger charge is -2.21. The first-order valence-electron chi connectivity index (χ1n) is 6.44. The van der Waals surface area contributed by atoms with Gasteiger partial charge in [0.25, 0.3) is 0 Å². The van der Waals surface area contributed by atoms with Crippen LogP contribution in [-0.4, -0.2) is 23.1 Å². The molecule has 104 valence electrons. The molecule has 2 rings (SSSR count). The van der Waals surface area contributed by atoms with Crippen molar-refractivity contribution in [2.75, 3.05) is 11.9 Å². The van der Waals surface area contributed by atoms with E-state index in [4.69, 9.17) is 5.11 Å². The maximum Gasteiger partial charge on any atom is 0.354 e. The van der Waals surface area contributed by atoms with Crippen molar-refractivity contribution in [1.29, 1.82) is 0 Å². The molecule has 0 spiro atoms. The minimum absolute atomic E-state index is 0.115. The first kappa shape index (κ1) is 14.1. The van der Waals surface area contributed by atoms with Crippen molar-refractivity contribution in [3.63, 3.8) is 0 Å². The second-order valence-corrected chi connectivity index (χ2v) is 5.02. The second kappa shape index (κ2) is 5.74. The molecule has 0 bridgehead atoms. The van der Waals surface area contributed by atoms with Gasteiger partial charge < -0.3 is 10.0 Å². The Balaban J connectivity index is 2.28. The van der Waals surface area contributed by atoms with E-state index in [2.05, 4.69) is 37.0 Å². The highest BCUT2D eigenvalue weighted by Gasteiger charge is 2.13. The minimum atomic E-state index is -0.991. The fraction of sp³-hybridized carbons (Fsp3) is 0.250. The number of aryl methyl sites for hydroxylation is 2. The fourth-order valence-corrected chi connectivity index (χ4v) is 2.28. The molecule has 1 aromatic carbocycles. The lowest BCUT2D eigenvalue weighted by atomic mass is 10.1. The quantitative estimate of drug-likeness (QED) is 0.927. The van der Waals surface area contributed by atoms with E-state index in [0.29, 0.717) is 12.1 Å². The van der Waals surface area contributed by atoms with Crippen LogP contribution < -0.4 is 4.90 Å². The number of aromatic carboxylic acids is 1. The Hall–Kier alpha value is -2.36. The van der Waals surface area contributed by atoms with Crippen LogP contribution in [0.4, 0.5) is 5.69 Å². The van der Waals surface area contributed by atoms with Gasteiger partial charge in [0.2, 0.25) is 0 Å². The van der Waals surface area contributed by atoms with Crippen LogP contribution in [-0.2, 0) is 6.54 Å². The molecule has 1 heterocycles. The zero-order valence-electron chi connectivity index (χ0n) is 11.9. The predicted molar refractivity (Wildman–Crippen MR) is 79.2 cm³/mol. The van der Waals surface area contributed by atoms with Crippen LogP contribution in [0.3, 0.4) is 0 Å². The SMILES string of the molecule is Cc1cc(C)cc(N(C)Cc2cccnc2C(=O)O)c1. The lowest BCUT2D eigenvalue weighted by Crippen LogP contribution is -2.19. The van der Waals surface area contributed by atoms with Crippen molar-refractivity contribution >= 4 is 11.7 Å². The van der Waals surface area contributed by atoms with E-state index in [1.807, 2.05) is 11.9 Å². The van der Waals surface area contributed by atoms with Crippen LogP contribution in [0.25, 0.3) is 0 Å². The van der Waals surface area contributed by atoms with Gasteiger partial charge in [-0.25, -0.2) is 9.78 Å². The Labute approximate surface area is 118 Å². The maximum absolute atomic E-state index is 11.2. The first-order valence-corrected chi connectivity index (χ1v) is 6.44. The van der Waals surface area contributed by atoms with Crippen molar-refractivity contribution < 1.29 is 9.90 Å². The number of carbonyl (C=O) groups is 1. The summed E-state index contributed by atoms with van der Waals surface area (Å²) in [6.45, 7) is 4.62. The summed E-state index contributed by atoms with van der Waals surface area (Å²) in [4.78, 5) is 17.1. The van der Waals surface area contributed by atoms with Gasteiger partial charge in [-0.15, -0.1) is 0 Å². The van der Waals surface area contributed by atoms with Gasteiger partial charge in [-0.1, -0.05) is 12.1 Å². The molecule has 20 heavy (non-hydrogen) atoms. The highest BCUT2D eigenvalue weighted by molar-refractivity contribution is 5.87. The van der Waals surface area contributed by atoms with Crippen LogP contribution in [0.15, 0.2) is 36.5 Å². The Bertz CT molecular complexity index is 618. The molecule has 0 amide bonds. The Morgan fingerprint density at radius 3 is 2.50 bits per heavy atom. The number of benzene rings is 1. The Morgan fingerprint density at radius 1 is 1.25 bits per heavy atom. The second-order valence-electron chi connectivity index (χ2n) is 5.02. The molecule has 0 saturated heterocycles. The molecular formula is C16H18N2O2. The average Bonchev–Trinajstić information content (AvgIpc) is 2.37. The third kappa shape index (κ3) is 3.15. The highest BCUT2D eigenvalue weighted by Crippen LogP contribution is 2.20. The summed E-state index contributed by atoms with van der Waals surface area (Å²) >= 11 is 0. The molecule has 0 saturated carbocycles. The van der Waals surface area contributed by atoms with Crippen molar-refractivity contribution in [2.24, 2.45) is 0 Å². The fourth-order valence-electron chi connectivity index (χ4n) is 2.28. The van der Waals surface area contributed by atoms with Gasteiger partial charge in [0, 0.05) is 31.0 Å². The molecule has 1 N–H and O–H groups in total. The topological polar surface area (TPSA) is 53.4 Å². The molecule has 0 fully saturated rings. The van der Waals surface area contributed by atoms with Crippen LogP contribution in [0, 0.1) is 13.8 Å². The van der Waals surface area contributed by atoms with E-state index < -0.39 is 5.97 Å². The number of hydrogen-bond donors (Lipinski definition) is 1. The van der Waals surface area contributed by atoms with E-state index in [9.17, 15) is 4.79 Å². The number of carboxylic acids is 1. The van der Waals surface area contributed by atoms with Gasteiger partial charge in [0.15, 0.2) is 5.69 Å². The number of anilines is 1. The molecule has 1 aromatic heterocycles. The first-order chi connectivity index (χ1) is 9.47. The van der Waals surface area contributed by atoms with Crippen LogP contribution in [0.2, 0.25) is 0 Å². The largest absolute Gasteiger partial charge is 0.477 e. The van der Waals surface area contributed by atoms with Gasteiger partial charge in [0.05, 0.1) is 0 Å². The van der Waals surface area contributed by atoms with Gasteiger partial charge in [-0.3, -0.25) is 0 Å². The summed E-state index contributed by atoms with van der Waals surface area (Å²) < 4.78 is 0. The monoisotopic (exact) mass is 270 g/mol. The molecule has 2 aromatic rings. The summed E-state index contributed by atoms with van der Waals surface area (Å²) in [5.41, 5.74) is 4.28. The molecular weight excluding hydrogens is 252 g/mol. The van der Waals surface area contributed by atoms with Gasteiger partial charge in [-0.05, 0) is 43.2 Å². The number of nitrogens with zero attached hydrogens (tertiary/aromatic N) is 2. The molecule has 0 radical (unpaired) electrons. The van der Waals surface area contributed by atoms with E-state index in [-0.39, 0.29) is 5.69 Å². The van der Waals surface area contributed by atoms with Crippen molar-refractivity contribution in [3.05, 3.63) is 58.9 Å². The molecule has 0 aliphatic rings. The third-order valence-electron chi connectivity index (χ3n) is 3.15. The molecule has 0 atom stereocenters. The minimum Gasteiger partial charge on any atom is -0.477 e. The van der Waals surface area contributed by atoms with E-state index in [1.165, 1.54) is 17.3 Å². The molecule has 4 heteroatoms. The molecule has 0 unspecified atom stereocenters. The average molecular weight is 270 g/mol.